The zero-order chi connectivity index (χ0) is 24.0. The van der Waals surface area contributed by atoms with Gasteiger partial charge in [-0.1, -0.05) is 54.6 Å². The number of carboxylic acid groups (broad SMARTS) is 1. The number of aryl methyl sites for hydroxylation is 2. The van der Waals surface area contributed by atoms with Crippen LogP contribution in [0.4, 0.5) is 0 Å². The second-order valence-corrected chi connectivity index (χ2v) is 8.37. The van der Waals surface area contributed by atoms with Crippen LogP contribution in [0, 0.1) is 0 Å². The largest absolute Gasteiger partial charge is 0.478 e. The van der Waals surface area contributed by atoms with Gasteiger partial charge in [0.2, 0.25) is 0 Å². The average Bonchev–Trinajstić information content (AvgIpc) is 3.26. The van der Waals surface area contributed by atoms with Gasteiger partial charge in [-0.2, -0.15) is 0 Å². The summed E-state index contributed by atoms with van der Waals surface area (Å²) in [5.74, 6) is 0.628. The number of aliphatic carboxylic acids is 1. The fourth-order valence-corrected chi connectivity index (χ4v) is 4.22. The Morgan fingerprint density at radius 1 is 0.800 bits per heavy atom. The third kappa shape index (κ3) is 5.33. The lowest BCUT2D eigenvalue weighted by Crippen LogP contribution is -1.93. The van der Waals surface area contributed by atoms with Gasteiger partial charge in [-0.25, -0.2) is 4.79 Å². The van der Waals surface area contributed by atoms with Crippen molar-refractivity contribution in [3.05, 3.63) is 132 Å². The van der Waals surface area contributed by atoms with E-state index in [2.05, 4.69) is 59.3 Å². The molecule has 1 aromatic heterocycles. The molecule has 1 heterocycles. The summed E-state index contributed by atoms with van der Waals surface area (Å²) in [4.78, 5) is 11.0. The van der Waals surface area contributed by atoms with Gasteiger partial charge in [-0.3, -0.25) is 0 Å². The summed E-state index contributed by atoms with van der Waals surface area (Å²) in [7, 11) is 0. The Hall–Kier alpha value is -4.57. The van der Waals surface area contributed by atoms with Crippen molar-refractivity contribution in [2.45, 2.75) is 12.8 Å². The minimum atomic E-state index is -0.954. The first kappa shape index (κ1) is 22.2. The van der Waals surface area contributed by atoms with Crippen LogP contribution in [0.25, 0.3) is 22.7 Å². The van der Waals surface area contributed by atoms with Gasteiger partial charge in [0.25, 0.3) is 0 Å². The number of rotatable bonds is 8. The van der Waals surface area contributed by atoms with Crippen LogP contribution < -0.4 is 4.74 Å². The average molecular weight is 460 g/mol. The van der Waals surface area contributed by atoms with Crippen LogP contribution in [0.2, 0.25) is 0 Å². The smallest absolute Gasteiger partial charge is 0.328 e. The molecule has 0 atom stereocenters. The first-order valence-electron chi connectivity index (χ1n) is 11.6. The number of hydrogen-bond acceptors (Lipinski definition) is 2. The van der Waals surface area contributed by atoms with Crippen molar-refractivity contribution in [3.63, 3.8) is 0 Å². The first-order chi connectivity index (χ1) is 17.2. The maximum absolute atomic E-state index is 11.0. The summed E-state index contributed by atoms with van der Waals surface area (Å²) in [6.45, 7) is 0. The number of aromatic nitrogens is 1. The number of ether oxygens (including phenoxy) is 1. The van der Waals surface area contributed by atoms with E-state index in [1.165, 1.54) is 17.2 Å². The number of benzene rings is 4. The summed E-state index contributed by atoms with van der Waals surface area (Å²) >= 11 is 0. The summed E-state index contributed by atoms with van der Waals surface area (Å²) in [5.41, 5.74) is 5.49. The number of para-hydroxylation sites is 1. The SMILES string of the molecule is O=C(O)C=Cc1ccc2c(c1)c(CCc1ccccc1)cn2-c1ccc(Oc2ccccc2)cc1. The normalized spacial score (nSPS) is 11.2. The predicted octanol–water partition coefficient (Wildman–Crippen LogP) is 7.31. The van der Waals surface area contributed by atoms with E-state index in [4.69, 9.17) is 9.84 Å². The third-order valence-electron chi connectivity index (χ3n) is 5.95. The van der Waals surface area contributed by atoms with Crippen LogP contribution in [0.3, 0.4) is 0 Å². The van der Waals surface area contributed by atoms with E-state index in [9.17, 15) is 4.79 Å². The molecule has 0 fully saturated rings. The fourth-order valence-electron chi connectivity index (χ4n) is 4.22. The zero-order valence-electron chi connectivity index (χ0n) is 19.2. The highest BCUT2D eigenvalue weighted by atomic mass is 16.5. The molecule has 0 radical (unpaired) electrons. The van der Waals surface area contributed by atoms with Crippen molar-refractivity contribution in [2.24, 2.45) is 0 Å². The van der Waals surface area contributed by atoms with Crippen molar-refractivity contribution in [1.82, 2.24) is 4.57 Å². The minimum Gasteiger partial charge on any atom is -0.478 e. The van der Waals surface area contributed by atoms with Crippen LogP contribution in [-0.4, -0.2) is 15.6 Å². The van der Waals surface area contributed by atoms with E-state index in [0.29, 0.717) is 0 Å². The number of nitrogens with zero attached hydrogens (tertiary/aromatic N) is 1. The van der Waals surface area contributed by atoms with E-state index >= 15 is 0 Å². The van der Waals surface area contributed by atoms with E-state index in [1.54, 1.807) is 6.08 Å². The molecule has 0 saturated carbocycles. The molecule has 0 aliphatic heterocycles. The van der Waals surface area contributed by atoms with E-state index in [0.717, 1.165) is 46.5 Å². The molecule has 5 rings (SSSR count). The first-order valence-corrected chi connectivity index (χ1v) is 11.6. The minimum absolute atomic E-state index is 0.779. The highest BCUT2D eigenvalue weighted by molar-refractivity contribution is 5.90. The molecule has 0 saturated heterocycles. The molecule has 35 heavy (non-hydrogen) atoms. The molecule has 4 aromatic carbocycles. The number of carboxylic acids is 1. The standard InChI is InChI=1S/C31H25NO3/c33-31(34)20-13-24-12-19-30-29(21-24)25(14-11-23-7-3-1-4-8-23)22-32(30)26-15-17-28(18-16-26)35-27-9-5-2-6-10-27/h1-10,12-13,15-22H,11,14H2,(H,33,34). The molecule has 0 spiro atoms. The molecule has 0 amide bonds. The van der Waals surface area contributed by atoms with Crippen molar-refractivity contribution in [2.75, 3.05) is 0 Å². The van der Waals surface area contributed by atoms with Crippen LogP contribution >= 0.6 is 0 Å². The molecule has 0 bridgehead atoms. The second kappa shape index (κ2) is 10.1. The Bertz CT molecular complexity index is 1470. The summed E-state index contributed by atoms with van der Waals surface area (Å²) in [6.07, 6.45) is 6.81. The monoisotopic (exact) mass is 459 g/mol. The van der Waals surface area contributed by atoms with Gasteiger partial charge in [0, 0.05) is 23.3 Å². The summed E-state index contributed by atoms with van der Waals surface area (Å²) in [5, 5.41) is 10.1. The Morgan fingerprint density at radius 2 is 1.49 bits per heavy atom. The molecular weight excluding hydrogens is 434 g/mol. The zero-order valence-corrected chi connectivity index (χ0v) is 19.2. The third-order valence-corrected chi connectivity index (χ3v) is 5.95. The molecular formula is C31H25NO3. The predicted molar refractivity (Wildman–Crippen MR) is 140 cm³/mol. The molecule has 172 valence electrons. The number of fused-ring (bicyclic) bond motifs is 1. The van der Waals surface area contributed by atoms with Crippen molar-refractivity contribution < 1.29 is 14.6 Å². The lowest BCUT2D eigenvalue weighted by Gasteiger charge is -2.09. The topological polar surface area (TPSA) is 51.5 Å². The lowest BCUT2D eigenvalue weighted by atomic mass is 10.0. The van der Waals surface area contributed by atoms with Crippen LogP contribution in [0.15, 0.2) is 115 Å². The van der Waals surface area contributed by atoms with E-state index < -0.39 is 5.97 Å². The maximum Gasteiger partial charge on any atom is 0.328 e. The van der Waals surface area contributed by atoms with Crippen LogP contribution in [0.5, 0.6) is 11.5 Å². The molecule has 5 aromatic rings. The molecule has 0 aliphatic rings. The highest BCUT2D eigenvalue weighted by Crippen LogP contribution is 2.29. The van der Waals surface area contributed by atoms with Gasteiger partial charge in [-0.15, -0.1) is 0 Å². The Morgan fingerprint density at radius 3 is 2.20 bits per heavy atom. The van der Waals surface area contributed by atoms with E-state index in [1.807, 2.05) is 54.6 Å². The molecule has 1 N–H and O–H groups in total. The molecule has 0 aliphatic carbocycles. The van der Waals surface area contributed by atoms with Crippen LogP contribution in [-0.2, 0) is 17.6 Å². The van der Waals surface area contributed by atoms with Gasteiger partial charge < -0.3 is 14.4 Å². The Kier molecular flexibility index (Phi) is 6.44. The van der Waals surface area contributed by atoms with Gasteiger partial charge in [0.1, 0.15) is 11.5 Å². The van der Waals surface area contributed by atoms with Gasteiger partial charge in [-0.05, 0) is 84.1 Å². The number of carbonyl (C=O) groups is 1. The summed E-state index contributed by atoms with van der Waals surface area (Å²) in [6, 6.07) is 34.3. The molecule has 0 unspecified atom stereocenters. The Balaban J connectivity index is 1.48. The van der Waals surface area contributed by atoms with E-state index in [-0.39, 0.29) is 0 Å². The Labute approximate surface area is 204 Å². The quantitative estimate of drug-likeness (QED) is 0.248. The summed E-state index contributed by atoms with van der Waals surface area (Å²) < 4.78 is 8.13. The molecule has 4 heteroatoms. The van der Waals surface area contributed by atoms with Gasteiger partial charge >= 0.3 is 5.97 Å². The highest BCUT2D eigenvalue weighted by Gasteiger charge is 2.11. The fraction of sp³-hybridized carbons (Fsp3) is 0.0645. The van der Waals surface area contributed by atoms with Crippen molar-refractivity contribution in [3.8, 4) is 17.2 Å². The van der Waals surface area contributed by atoms with Gasteiger partial charge in [0.05, 0.1) is 5.52 Å². The lowest BCUT2D eigenvalue weighted by molar-refractivity contribution is -0.131. The number of hydrogen-bond donors (Lipinski definition) is 1. The van der Waals surface area contributed by atoms with Crippen molar-refractivity contribution in [1.29, 1.82) is 0 Å². The maximum atomic E-state index is 11.0. The van der Waals surface area contributed by atoms with Gasteiger partial charge in [0.15, 0.2) is 0 Å². The molecule has 4 nitrogen and oxygen atoms in total. The van der Waals surface area contributed by atoms with Crippen LogP contribution in [0.1, 0.15) is 16.7 Å². The van der Waals surface area contributed by atoms with Crippen molar-refractivity contribution >= 4 is 22.9 Å². The second-order valence-electron chi connectivity index (χ2n) is 8.37.